The quantitative estimate of drug-likeness (QED) is 0.194. The molecular weight excluding hydrogens is 516 g/mol. The van der Waals surface area contributed by atoms with Crippen molar-refractivity contribution in [3.8, 4) is 11.4 Å². The summed E-state index contributed by atoms with van der Waals surface area (Å²) >= 11 is 1.91. The zero-order valence-corrected chi connectivity index (χ0v) is 22.8. The molecule has 2 nitrogen and oxygen atoms in total. The molecule has 0 aliphatic heterocycles. The molecule has 3 heterocycles. The second kappa shape index (κ2) is 7.75. The van der Waals surface area contributed by atoms with Gasteiger partial charge >= 0.3 is 0 Å². The first-order valence-corrected chi connectivity index (χ1v) is 14.9. The maximum atomic E-state index is 2.50. The third kappa shape index (κ3) is 2.76. The number of para-hydroxylation sites is 2. The van der Waals surface area contributed by atoms with Crippen LogP contribution in [0, 0.1) is 0 Å². The van der Waals surface area contributed by atoms with Crippen molar-refractivity contribution >= 4 is 85.9 Å². The van der Waals surface area contributed by atoms with Crippen LogP contribution in [0.5, 0.6) is 0 Å². The molecule has 0 atom stereocenters. The van der Waals surface area contributed by atoms with Gasteiger partial charge in [0, 0.05) is 48.4 Å². The number of fused-ring (bicyclic) bond motifs is 7. The predicted octanol–water partition coefficient (Wildman–Crippen LogP) is 10.8. The fourth-order valence-corrected chi connectivity index (χ4v) is 8.37. The predicted molar refractivity (Wildman–Crippen MR) is 177 cm³/mol. The normalized spacial score (nSPS) is 12.4. The van der Waals surface area contributed by atoms with E-state index in [0.717, 1.165) is 0 Å². The number of rotatable bonds is 2. The van der Waals surface area contributed by atoms with E-state index in [9.17, 15) is 0 Å². The molecule has 0 aliphatic rings. The molecule has 3 aromatic heterocycles. The minimum Gasteiger partial charge on any atom is -0.309 e. The molecule has 10 aromatic rings. The van der Waals surface area contributed by atoms with Crippen LogP contribution in [-0.4, -0.2) is 9.13 Å². The Labute approximate surface area is 239 Å². The second-order valence-electron chi connectivity index (χ2n) is 11.0. The van der Waals surface area contributed by atoms with Crippen LogP contribution in [0.1, 0.15) is 0 Å². The Bertz CT molecular complexity index is 2580. The van der Waals surface area contributed by atoms with E-state index in [-0.39, 0.29) is 0 Å². The smallest absolute Gasteiger partial charge is 0.0726 e. The van der Waals surface area contributed by atoms with Crippen molar-refractivity contribution < 1.29 is 0 Å². The molecule has 10 rings (SSSR count). The largest absolute Gasteiger partial charge is 0.309 e. The van der Waals surface area contributed by atoms with Crippen LogP contribution < -0.4 is 0 Å². The number of aromatic nitrogens is 2. The van der Waals surface area contributed by atoms with Gasteiger partial charge in [0.2, 0.25) is 0 Å². The summed E-state index contributed by atoms with van der Waals surface area (Å²) in [6, 6.07) is 49.1. The van der Waals surface area contributed by atoms with E-state index in [1.165, 1.54) is 85.9 Å². The lowest BCUT2D eigenvalue weighted by atomic mass is 10.00. The van der Waals surface area contributed by atoms with Crippen molar-refractivity contribution in [1.82, 2.24) is 9.13 Å². The van der Waals surface area contributed by atoms with Gasteiger partial charge in [0.05, 0.1) is 26.8 Å². The second-order valence-corrected chi connectivity index (χ2v) is 12.0. The summed E-state index contributed by atoms with van der Waals surface area (Å²) in [6.45, 7) is 0. The SMILES string of the molecule is c1ccc2c(c1)sc1c2cc2ccc3cccc4c3c2c1n4-c1ccc(-n2c3ccccc3c3ccccc32)cc1. The molecule has 0 aliphatic carbocycles. The first-order valence-electron chi connectivity index (χ1n) is 14.0. The fourth-order valence-electron chi connectivity index (χ4n) is 7.14. The summed E-state index contributed by atoms with van der Waals surface area (Å²) in [5.41, 5.74) is 7.40. The van der Waals surface area contributed by atoms with Gasteiger partial charge in [-0.3, -0.25) is 0 Å². The molecule has 0 saturated carbocycles. The first kappa shape index (κ1) is 21.7. The van der Waals surface area contributed by atoms with Crippen LogP contribution in [0.3, 0.4) is 0 Å². The molecule has 0 unspecified atom stereocenters. The van der Waals surface area contributed by atoms with Crippen LogP contribution in [0.2, 0.25) is 0 Å². The van der Waals surface area contributed by atoms with Crippen LogP contribution in [-0.2, 0) is 0 Å². The van der Waals surface area contributed by atoms with Crippen molar-refractivity contribution in [3.63, 3.8) is 0 Å². The summed E-state index contributed by atoms with van der Waals surface area (Å²) in [5, 5.41) is 10.6. The van der Waals surface area contributed by atoms with Gasteiger partial charge in [0.15, 0.2) is 0 Å². The number of thiophene rings is 1. The highest BCUT2D eigenvalue weighted by atomic mass is 32.1. The van der Waals surface area contributed by atoms with Gasteiger partial charge in [0.1, 0.15) is 0 Å². The first-order chi connectivity index (χ1) is 20.3. The van der Waals surface area contributed by atoms with E-state index in [4.69, 9.17) is 0 Å². The molecule has 0 N–H and O–H groups in total. The summed E-state index contributed by atoms with van der Waals surface area (Å²) in [6.07, 6.45) is 0. The van der Waals surface area contributed by atoms with Crippen molar-refractivity contribution in [2.45, 2.75) is 0 Å². The lowest BCUT2D eigenvalue weighted by Crippen LogP contribution is -1.97. The molecule has 3 heteroatoms. The van der Waals surface area contributed by atoms with E-state index in [0.29, 0.717) is 0 Å². The average molecular weight is 539 g/mol. The minimum atomic E-state index is 1.17. The van der Waals surface area contributed by atoms with Crippen molar-refractivity contribution in [1.29, 1.82) is 0 Å². The lowest BCUT2D eigenvalue weighted by Gasteiger charge is -2.12. The van der Waals surface area contributed by atoms with Gasteiger partial charge in [-0.15, -0.1) is 11.3 Å². The van der Waals surface area contributed by atoms with Crippen molar-refractivity contribution in [2.24, 2.45) is 0 Å². The summed E-state index contributed by atoms with van der Waals surface area (Å²) in [4.78, 5) is 0. The zero-order valence-electron chi connectivity index (χ0n) is 22.0. The van der Waals surface area contributed by atoms with Gasteiger partial charge in [-0.2, -0.15) is 0 Å². The Hall–Kier alpha value is -5.12. The molecule has 0 bridgehead atoms. The van der Waals surface area contributed by atoms with E-state index < -0.39 is 0 Å². The van der Waals surface area contributed by atoms with Gasteiger partial charge in [-0.05, 0) is 65.4 Å². The van der Waals surface area contributed by atoms with E-state index in [1.54, 1.807) is 0 Å². The Morgan fingerprint density at radius 2 is 1.02 bits per heavy atom. The van der Waals surface area contributed by atoms with Gasteiger partial charge in [0.25, 0.3) is 0 Å². The lowest BCUT2D eigenvalue weighted by molar-refractivity contribution is 1.15. The molecule has 0 radical (unpaired) electrons. The molecule has 7 aromatic carbocycles. The molecular formula is C38H22N2S. The highest BCUT2D eigenvalue weighted by molar-refractivity contribution is 7.26. The number of benzene rings is 7. The Morgan fingerprint density at radius 3 is 1.78 bits per heavy atom. The number of hydrogen-bond donors (Lipinski definition) is 0. The van der Waals surface area contributed by atoms with Crippen molar-refractivity contribution in [2.75, 3.05) is 0 Å². The van der Waals surface area contributed by atoms with E-state index in [2.05, 4.69) is 143 Å². The maximum Gasteiger partial charge on any atom is 0.0726 e. The monoisotopic (exact) mass is 538 g/mol. The Kier molecular flexibility index (Phi) is 4.10. The van der Waals surface area contributed by atoms with Gasteiger partial charge < -0.3 is 9.13 Å². The Morgan fingerprint density at radius 1 is 0.415 bits per heavy atom. The molecule has 0 spiro atoms. The third-order valence-electron chi connectivity index (χ3n) is 8.85. The highest BCUT2D eigenvalue weighted by Gasteiger charge is 2.21. The molecule has 0 amide bonds. The molecule has 41 heavy (non-hydrogen) atoms. The maximum absolute atomic E-state index is 2.50. The van der Waals surface area contributed by atoms with Crippen molar-refractivity contribution in [3.05, 3.63) is 133 Å². The van der Waals surface area contributed by atoms with E-state index >= 15 is 0 Å². The summed E-state index contributed by atoms with van der Waals surface area (Å²) < 4.78 is 7.58. The number of nitrogens with zero attached hydrogens (tertiary/aromatic N) is 2. The molecule has 0 fully saturated rings. The van der Waals surface area contributed by atoms with E-state index in [1.807, 2.05) is 11.3 Å². The van der Waals surface area contributed by atoms with Gasteiger partial charge in [-0.1, -0.05) is 78.9 Å². The van der Waals surface area contributed by atoms with Crippen LogP contribution in [0.15, 0.2) is 133 Å². The summed E-state index contributed by atoms with van der Waals surface area (Å²) in [7, 11) is 0. The zero-order chi connectivity index (χ0) is 26.7. The Balaban J connectivity index is 1.29. The summed E-state index contributed by atoms with van der Waals surface area (Å²) in [5.74, 6) is 0. The van der Waals surface area contributed by atoms with Gasteiger partial charge in [-0.25, -0.2) is 0 Å². The topological polar surface area (TPSA) is 9.86 Å². The van der Waals surface area contributed by atoms with Crippen LogP contribution in [0.4, 0.5) is 0 Å². The molecule has 0 saturated heterocycles. The van der Waals surface area contributed by atoms with Crippen LogP contribution >= 0.6 is 11.3 Å². The molecule has 190 valence electrons. The average Bonchev–Trinajstić information content (AvgIpc) is 3.69. The number of hydrogen-bond acceptors (Lipinski definition) is 1. The minimum absolute atomic E-state index is 1.17. The standard InChI is InChI=1S/C38H22N2S/c1-4-12-31-27(9-1)28-10-2-5-13-32(28)39(31)25-18-20-26(21-19-25)40-33-14-7-8-23-16-17-24-22-30-29-11-3-6-15-34(29)41-38(30)37(40)36(24)35(23)33/h1-22H. The third-order valence-corrected chi connectivity index (χ3v) is 10.0. The van der Waals surface area contributed by atoms with Crippen LogP contribution in [0.25, 0.3) is 85.9 Å². The highest BCUT2D eigenvalue weighted by Crippen LogP contribution is 2.46. The fraction of sp³-hybridized carbons (Fsp3) is 0.